The molecule has 4 nitrogen and oxygen atoms in total. The first-order valence-electron chi connectivity index (χ1n) is 10.2. The van der Waals surface area contributed by atoms with E-state index in [-0.39, 0.29) is 16.8 Å². The van der Waals surface area contributed by atoms with Gasteiger partial charge in [0.25, 0.3) is 0 Å². The van der Waals surface area contributed by atoms with Crippen LogP contribution in [-0.2, 0) is 16.8 Å². The van der Waals surface area contributed by atoms with Crippen molar-refractivity contribution in [2.75, 3.05) is 0 Å². The number of aromatic amines is 2. The summed E-state index contributed by atoms with van der Waals surface area (Å²) in [6.45, 7) is 0. The second-order valence-corrected chi connectivity index (χ2v) is 9.00. The fourth-order valence-electron chi connectivity index (χ4n) is 4.00. The van der Waals surface area contributed by atoms with Gasteiger partial charge in [0.2, 0.25) is 0 Å². The second kappa shape index (κ2) is 9.10. The van der Waals surface area contributed by atoms with Gasteiger partial charge in [0, 0.05) is 50.0 Å². The molecule has 0 atom stereocenters. The third kappa shape index (κ3) is 4.33. The van der Waals surface area contributed by atoms with Gasteiger partial charge in [-0.1, -0.05) is 34.8 Å². The Morgan fingerprint density at radius 2 is 1.09 bits per heavy atom. The number of hydrogen-bond acceptors (Lipinski definition) is 2. The molecule has 0 saturated carbocycles. The Morgan fingerprint density at radius 3 is 1.71 bits per heavy atom. The maximum Gasteiger partial charge on any atom is 0.0686 e. The van der Waals surface area contributed by atoms with E-state index in [0.717, 1.165) is 50.4 Å². The summed E-state index contributed by atoms with van der Waals surface area (Å²) in [5.41, 5.74) is 8.51. The summed E-state index contributed by atoms with van der Waals surface area (Å²) in [6, 6.07) is 17.5. The van der Waals surface area contributed by atoms with Crippen molar-refractivity contribution in [1.29, 1.82) is 0 Å². The summed E-state index contributed by atoms with van der Waals surface area (Å²) < 4.78 is 0. The largest absolute Gasteiger partial charge is 0.355 e. The molecule has 169 valence electrons. The minimum absolute atomic E-state index is 0. The van der Waals surface area contributed by atoms with Crippen molar-refractivity contribution in [1.82, 2.24) is 19.9 Å². The Hall–Kier alpha value is -2.80. The van der Waals surface area contributed by atoms with Crippen molar-refractivity contribution >= 4 is 81.2 Å². The summed E-state index contributed by atoms with van der Waals surface area (Å²) >= 11 is 19.4. The molecule has 0 aliphatic carbocycles. The van der Waals surface area contributed by atoms with Crippen LogP contribution in [-0.4, -0.2) is 19.9 Å². The van der Waals surface area contributed by atoms with Crippen LogP contribution in [0.1, 0.15) is 22.8 Å². The maximum absolute atomic E-state index is 6.58. The van der Waals surface area contributed by atoms with E-state index in [4.69, 9.17) is 44.8 Å². The van der Waals surface area contributed by atoms with E-state index in [1.807, 2.05) is 66.8 Å². The summed E-state index contributed by atoms with van der Waals surface area (Å²) in [5, 5.41) is 1.37. The van der Waals surface area contributed by atoms with Crippen molar-refractivity contribution in [2.45, 2.75) is 0 Å². The molecule has 0 saturated heterocycles. The van der Waals surface area contributed by atoms with Gasteiger partial charge in [0.1, 0.15) is 0 Å². The van der Waals surface area contributed by atoms with Crippen LogP contribution >= 0.6 is 34.8 Å². The summed E-state index contributed by atoms with van der Waals surface area (Å²) in [6.07, 6.45) is 7.92. The van der Waals surface area contributed by atoms with E-state index >= 15 is 0 Å². The predicted octanol–water partition coefficient (Wildman–Crippen LogP) is 8.28. The van der Waals surface area contributed by atoms with Gasteiger partial charge in [-0.05, 0) is 78.9 Å². The minimum Gasteiger partial charge on any atom is -0.355 e. The zero-order chi connectivity index (χ0) is 22.5. The molecule has 0 unspecified atom stereocenters. The zero-order valence-corrected chi connectivity index (χ0v) is 20.7. The van der Waals surface area contributed by atoms with Crippen LogP contribution in [0.3, 0.4) is 0 Å². The molecule has 6 rings (SSSR count). The molecule has 2 aliphatic rings. The van der Waals surface area contributed by atoms with Crippen molar-refractivity contribution in [3.05, 3.63) is 92.4 Å². The van der Waals surface area contributed by atoms with Crippen molar-refractivity contribution < 1.29 is 16.8 Å². The molecule has 8 heteroatoms. The Kier molecular flexibility index (Phi) is 6.14. The van der Waals surface area contributed by atoms with Crippen molar-refractivity contribution in [3.63, 3.8) is 0 Å². The van der Waals surface area contributed by atoms with E-state index in [9.17, 15) is 0 Å². The van der Waals surface area contributed by atoms with Gasteiger partial charge in [-0.15, -0.1) is 0 Å². The predicted molar refractivity (Wildman–Crippen MR) is 139 cm³/mol. The van der Waals surface area contributed by atoms with E-state index in [0.29, 0.717) is 20.6 Å². The average Bonchev–Trinajstić information content (AvgIpc) is 3.57. The number of rotatable bonds is 1. The number of nitrogens with one attached hydrogen (secondary N) is 2. The number of benzene rings is 1. The van der Waals surface area contributed by atoms with Crippen LogP contribution in [0.25, 0.3) is 57.5 Å². The molecule has 34 heavy (non-hydrogen) atoms. The molecule has 8 bridgehead atoms. The normalized spacial score (nSPS) is 12.1. The van der Waals surface area contributed by atoms with Gasteiger partial charge >= 0.3 is 0 Å². The number of aromatic nitrogens is 4. The standard InChI is InChI=1S/C26H15Cl3N4.Co/c27-22-7-8-23(28)26(29)25(22)21-12-20-11-18-4-3-16(31-18)9-14-1-2-15(30-14)10-17-5-6-19(32-17)13-24(21)33-20;/h1-13,30,33H;. The number of hydrogen-bond donors (Lipinski definition) is 2. The molecular formula is C26H15Cl3CoN4. The molecule has 4 aromatic rings. The number of nitrogens with zero attached hydrogens (tertiary/aromatic N) is 2. The Morgan fingerprint density at radius 1 is 0.559 bits per heavy atom. The van der Waals surface area contributed by atoms with Gasteiger partial charge in [-0.25, -0.2) is 9.97 Å². The number of halogens is 3. The fourth-order valence-corrected chi connectivity index (χ4v) is 4.73. The number of H-pyrrole nitrogens is 2. The molecule has 0 spiro atoms. The Labute approximate surface area is 220 Å². The number of fused-ring (bicyclic) bond motifs is 8. The van der Waals surface area contributed by atoms with Crippen LogP contribution in [0.15, 0.2) is 54.6 Å². The quantitative estimate of drug-likeness (QED) is 0.203. The average molecular weight is 549 g/mol. The van der Waals surface area contributed by atoms with Gasteiger partial charge in [-0.3, -0.25) is 0 Å². The third-order valence-corrected chi connectivity index (χ3v) is 6.60. The molecule has 2 aliphatic heterocycles. The van der Waals surface area contributed by atoms with Crippen molar-refractivity contribution in [3.8, 4) is 11.1 Å². The zero-order valence-electron chi connectivity index (χ0n) is 17.4. The molecule has 1 radical (unpaired) electrons. The molecular weight excluding hydrogens is 534 g/mol. The molecule has 0 amide bonds. The van der Waals surface area contributed by atoms with Gasteiger partial charge in [0.05, 0.1) is 37.8 Å². The molecule has 0 fully saturated rings. The van der Waals surface area contributed by atoms with Crippen LogP contribution in [0, 0.1) is 0 Å². The van der Waals surface area contributed by atoms with Gasteiger partial charge in [-0.2, -0.15) is 0 Å². The monoisotopic (exact) mass is 547 g/mol. The van der Waals surface area contributed by atoms with Gasteiger partial charge in [0.15, 0.2) is 0 Å². The van der Waals surface area contributed by atoms with Crippen LogP contribution in [0.5, 0.6) is 0 Å². The van der Waals surface area contributed by atoms with Crippen LogP contribution < -0.4 is 0 Å². The topological polar surface area (TPSA) is 57.4 Å². The summed E-state index contributed by atoms with van der Waals surface area (Å²) in [4.78, 5) is 16.3. The molecule has 5 heterocycles. The maximum atomic E-state index is 6.58. The molecule has 2 N–H and O–H groups in total. The fraction of sp³-hybridized carbons (Fsp3) is 0. The first kappa shape index (κ1) is 23.0. The van der Waals surface area contributed by atoms with E-state index in [1.165, 1.54) is 0 Å². The SMILES string of the molecule is Clc1ccc(Cl)c(-c2cc3cc4nc(cc5ccc(cc6nc(cc2[nH]3)C=C6)[nH]5)C=C4)c1Cl.[Co]. The molecule has 1 aromatic carbocycles. The Balaban J connectivity index is 0.00000241. The third-order valence-electron chi connectivity index (χ3n) is 5.48. The van der Waals surface area contributed by atoms with Gasteiger partial charge < -0.3 is 9.97 Å². The minimum atomic E-state index is 0. The first-order valence-corrected chi connectivity index (χ1v) is 11.4. The van der Waals surface area contributed by atoms with Crippen LogP contribution in [0.2, 0.25) is 15.1 Å². The van der Waals surface area contributed by atoms with E-state index in [1.54, 1.807) is 12.1 Å². The van der Waals surface area contributed by atoms with E-state index < -0.39 is 0 Å². The summed E-state index contributed by atoms with van der Waals surface area (Å²) in [5.74, 6) is 0. The van der Waals surface area contributed by atoms with Crippen molar-refractivity contribution in [2.24, 2.45) is 0 Å². The van der Waals surface area contributed by atoms with E-state index in [2.05, 4.69) is 9.97 Å². The first-order chi connectivity index (χ1) is 16.0. The smallest absolute Gasteiger partial charge is 0.0686 e. The molecule has 3 aromatic heterocycles. The Bertz CT molecular complexity index is 1660. The second-order valence-electron chi connectivity index (χ2n) is 7.81. The van der Waals surface area contributed by atoms with Crippen LogP contribution in [0.4, 0.5) is 0 Å². The summed E-state index contributed by atoms with van der Waals surface area (Å²) in [7, 11) is 0.